The number of nitrogens with two attached hydrogens (primary N) is 1. The Morgan fingerprint density at radius 2 is 2.54 bits per heavy atom. The molecule has 3 atom stereocenters. The van der Waals surface area contributed by atoms with Crippen molar-refractivity contribution in [2.75, 3.05) is 12.3 Å². The van der Waals surface area contributed by atoms with E-state index in [9.17, 15) is 0 Å². The Bertz CT molecular complexity index is 211. The van der Waals surface area contributed by atoms with Crippen LogP contribution in [0.25, 0.3) is 0 Å². The molecule has 0 aromatic heterocycles. The molecule has 1 rings (SSSR count). The first-order chi connectivity index (χ1) is 6.12. The monoisotopic (exact) mass is 198 g/mol. The lowest BCUT2D eigenvalue weighted by molar-refractivity contribution is 0.348. The summed E-state index contributed by atoms with van der Waals surface area (Å²) < 4.78 is 0. The molecule has 3 heteroatoms. The van der Waals surface area contributed by atoms with Crippen molar-refractivity contribution < 1.29 is 0 Å². The van der Waals surface area contributed by atoms with E-state index in [0.717, 1.165) is 12.2 Å². The van der Waals surface area contributed by atoms with Gasteiger partial charge in [0.2, 0.25) is 0 Å². The van der Waals surface area contributed by atoms with Crippen molar-refractivity contribution in [2.24, 2.45) is 5.73 Å². The molecule has 74 valence electrons. The Kier molecular flexibility index (Phi) is 3.66. The second kappa shape index (κ2) is 4.36. The zero-order valence-corrected chi connectivity index (χ0v) is 9.16. The van der Waals surface area contributed by atoms with Crippen molar-refractivity contribution in [2.45, 2.75) is 37.1 Å². The van der Waals surface area contributed by atoms with Gasteiger partial charge in [0.05, 0.1) is 6.04 Å². The first-order valence-corrected chi connectivity index (χ1v) is 5.72. The number of hydrogen-bond donors (Lipinski definition) is 2. The average Bonchev–Trinajstić information content (AvgIpc) is 2.48. The van der Waals surface area contributed by atoms with E-state index in [1.54, 1.807) is 0 Å². The second-order valence-corrected chi connectivity index (χ2v) is 5.27. The summed E-state index contributed by atoms with van der Waals surface area (Å²) in [6.45, 7) is 4.92. The largest absolute Gasteiger partial charge is 0.329 e. The summed E-state index contributed by atoms with van der Waals surface area (Å²) in [6, 6.07) is 0.120. The van der Waals surface area contributed by atoms with Gasteiger partial charge in [-0.3, -0.25) is 5.32 Å². The highest BCUT2D eigenvalue weighted by atomic mass is 32.2. The van der Waals surface area contributed by atoms with Gasteiger partial charge in [0.15, 0.2) is 0 Å². The SMILES string of the molecule is C#CC(C)NC1(CN)CSC(C)C1. The molecule has 0 aromatic rings. The van der Waals surface area contributed by atoms with Crippen molar-refractivity contribution in [1.82, 2.24) is 5.32 Å². The molecule has 13 heavy (non-hydrogen) atoms. The molecule has 0 radical (unpaired) electrons. The molecule has 1 aliphatic heterocycles. The van der Waals surface area contributed by atoms with Crippen LogP contribution in [0.4, 0.5) is 0 Å². The predicted molar refractivity (Wildman–Crippen MR) is 59.8 cm³/mol. The van der Waals surface area contributed by atoms with Gasteiger partial charge in [0.25, 0.3) is 0 Å². The molecule has 2 nitrogen and oxygen atoms in total. The lowest BCUT2D eigenvalue weighted by atomic mass is 9.95. The van der Waals surface area contributed by atoms with E-state index in [4.69, 9.17) is 12.2 Å². The van der Waals surface area contributed by atoms with Crippen LogP contribution >= 0.6 is 11.8 Å². The predicted octanol–water partition coefficient (Wildman–Crippen LogP) is 0.821. The quantitative estimate of drug-likeness (QED) is 0.659. The molecule has 0 amide bonds. The molecule has 0 bridgehead atoms. The first-order valence-electron chi connectivity index (χ1n) is 4.67. The minimum Gasteiger partial charge on any atom is -0.329 e. The fraction of sp³-hybridized carbons (Fsp3) is 0.800. The van der Waals surface area contributed by atoms with Gasteiger partial charge < -0.3 is 5.73 Å². The van der Waals surface area contributed by atoms with Crippen molar-refractivity contribution in [3.8, 4) is 12.3 Å². The standard InChI is InChI=1S/C10H18N2S/c1-4-8(2)12-10(6-11)5-9(3)13-7-10/h1,8-9,12H,5-7,11H2,2-3H3. The highest BCUT2D eigenvalue weighted by molar-refractivity contribution is 8.00. The third-order valence-electron chi connectivity index (χ3n) is 2.49. The van der Waals surface area contributed by atoms with Gasteiger partial charge in [-0.2, -0.15) is 11.8 Å². The van der Waals surface area contributed by atoms with Crippen LogP contribution < -0.4 is 11.1 Å². The summed E-state index contributed by atoms with van der Waals surface area (Å²) in [6.07, 6.45) is 6.46. The van der Waals surface area contributed by atoms with Gasteiger partial charge in [-0.05, 0) is 13.3 Å². The van der Waals surface area contributed by atoms with Gasteiger partial charge >= 0.3 is 0 Å². The summed E-state index contributed by atoms with van der Waals surface area (Å²) in [5.74, 6) is 3.77. The molecule has 0 spiro atoms. The molecule has 3 N–H and O–H groups in total. The van der Waals surface area contributed by atoms with Crippen molar-refractivity contribution >= 4 is 11.8 Å². The van der Waals surface area contributed by atoms with E-state index < -0.39 is 0 Å². The summed E-state index contributed by atoms with van der Waals surface area (Å²) in [7, 11) is 0. The van der Waals surface area contributed by atoms with Gasteiger partial charge in [0.1, 0.15) is 0 Å². The molecule has 0 aromatic carbocycles. The fourth-order valence-electron chi connectivity index (χ4n) is 1.77. The Hall–Kier alpha value is -0.170. The Morgan fingerprint density at radius 1 is 1.85 bits per heavy atom. The van der Waals surface area contributed by atoms with Crippen molar-refractivity contribution in [1.29, 1.82) is 0 Å². The Labute approximate surface area is 85.0 Å². The smallest absolute Gasteiger partial charge is 0.0663 e. The van der Waals surface area contributed by atoms with E-state index >= 15 is 0 Å². The zero-order chi connectivity index (χ0) is 9.90. The van der Waals surface area contributed by atoms with Gasteiger partial charge in [-0.1, -0.05) is 12.8 Å². The molecule has 0 aliphatic carbocycles. The molecule has 1 fully saturated rings. The summed E-state index contributed by atoms with van der Waals surface area (Å²) >= 11 is 1.97. The lowest BCUT2D eigenvalue weighted by Gasteiger charge is -2.30. The molecular weight excluding hydrogens is 180 g/mol. The Morgan fingerprint density at radius 3 is 2.92 bits per heavy atom. The number of thioether (sulfide) groups is 1. The maximum absolute atomic E-state index is 5.79. The summed E-state index contributed by atoms with van der Waals surface area (Å²) in [4.78, 5) is 0. The van der Waals surface area contributed by atoms with Crippen LogP contribution in [-0.2, 0) is 0 Å². The van der Waals surface area contributed by atoms with Crippen LogP contribution in [0.15, 0.2) is 0 Å². The highest BCUT2D eigenvalue weighted by Gasteiger charge is 2.37. The Balaban J connectivity index is 2.56. The van der Waals surface area contributed by atoms with Crippen molar-refractivity contribution in [3.63, 3.8) is 0 Å². The average molecular weight is 198 g/mol. The van der Waals surface area contributed by atoms with Crippen LogP contribution in [0.2, 0.25) is 0 Å². The van der Waals surface area contributed by atoms with Crippen LogP contribution in [0.3, 0.4) is 0 Å². The third-order valence-corrected chi connectivity index (χ3v) is 3.94. The molecule has 1 heterocycles. The van der Waals surface area contributed by atoms with E-state index in [1.165, 1.54) is 0 Å². The zero-order valence-electron chi connectivity index (χ0n) is 8.34. The molecule has 0 saturated carbocycles. The molecule has 3 unspecified atom stereocenters. The minimum absolute atomic E-state index is 0.0792. The molecular formula is C10H18N2S. The lowest BCUT2D eigenvalue weighted by Crippen LogP contribution is -2.54. The van der Waals surface area contributed by atoms with E-state index in [-0.39, 0.29) is 11.6 Å². The molecule has 1 saturated heterocycles. The van der Waals surface area contributed by atoms with Crippen LogP contribution in [0.1, 0.15) is 20.3 Å². The fourth-order valence-corrected chi connectivity index (χ4v) is 3.13. The highest BCUT2D eigenvalue weighted by Crippen LogP contribution is 2.33. The minimum atomic E-state index is 0.0792. The molecule has 1 aliphatic rings. The number of rotatable bonds is 3. The summed E-state index contributed by atoms with van der Waals surface area (Å²) in [5, 5.41) is 4.14. The second-order valence-electron chi connectivity index (χ2n) is 3.84. The normalized spacial score (nSPS) is 35.7. The number of nitrogens with one attached hydrogen (secondary N) is 1. The number of hydrogen-bond acceptors (Lipinski definition) is 3. The third kappa shape index (κ3) is 2.63. The van der Waals surface area contributed by atoms with E-state index in [2.05, 4.69) is 18.2 Å². The van der Waals surface area contributed by atoms with Gasteiger partial charge in [-0.15, -0.1) is 6.42 Å². The maximum Gasteiger partial charge on any atom is 0.0663 e. The van der Waals surface area contributed by atoms with Crippen LogP contribution in [0, 0.1) is 12.3 Å². The van der Waals surface area contributed by atoms with Crippen LogP contribution in [0.5, 0.6) is 0 Å². The van der Waals surface area contributed by atoms with Gasteiger partial charge in [-0.25, -0.2) is 0 Å². The van der Waals surface area contributed by atoms with E-state index in [0.29, 0.717) is 11.8 Å². The van der Waals surface area contributed by atoms with Gasteiger partial charge in [0, 0.05) is 23.1 Å². The first kappa shape index (κ1) is 10.9. The summed E-state index contributed by atoms with van der Waals surface area (Å²) in [5.41, 5.74) is 5.87. The van der Waals surface area contributed by atoms with E-state index in [1.807, 2.05) is 18.7 Å². The van der Waals surface area contributed by atoms with Crippen LogP contribution in [-0.4, -0.2) is 29.1 Å². The maximum atomic E-state index is 5.79. The number of terminal acetylenes is 1. The van der Waals surface area contributed by atoms with Crippen molar-refractivity contribution in [3.05, 3.63) is 0 Å². The topological polar surface area (TPSA) is 38.0 Å².